The Morgan fingerprint density at radius 2 is 1.84 bits per heavy atom. The van der Waals surface area contributed by atoms with Crippen molar-refractivity contribution >= 4 is 0 Å². The topological polar surface area (TPSA) is 38.9 Å². The summed E-state index contributed by atoms with van der Waals surface area (Å²) in [5.74, 6) is 0.972. The SMILES string of the molecule is c1ccc(-c2noc3c2Cc2ncccc2C3)cc1. The first-order valence-electron chi connectivity index (χ1n) is 6.37. The van der Waals surface area contributed by atoms with E-state index < -0.39 is 0 Å². The van der Waals surface area contributed by atoms with Gasteiger partial charge < -0.3 is 4.52 Å². The Bertz CT molecular complexity index is 732. The summed E-state index contributed by atoms with van der Waals surface area (Å²) >= 11 is 0. The van der Waals surface area contributed by atoms with Crippen LogP contribution in [0.5, 0.6) is 0 Å². The van der Waals surface area contributed by atoms with E-state index in [1.54, 1.807) is 0 Å². The second-order valence-electron chi connectivity index (χ2n) is 4.76. The molecule has 0 unspecified atom stereocenters. The number of aromatic nitrogens is 2. The lowest BCUT2D eigenvalue weighted by Gasteiger charge is -2.13. The van der Waals surface area contributed by atoms with E-state index in [0.717, 1.165) is 35.6 Å². The van der Waals surface area contributed by atoms with E-state index in [2.05, 4.69) is 28.3 Å². The molecule has 4 rings (SSSR count). The third-order valence-electron chi connectivity index (χ3n) is 3.60. The number of benzene rings is 1. The van der Waals surface area contributed by atoms with Crippen molar-refractivity contribution in [3.63, 3.8) is 0 Å². The van der Waals surface area contributed by atoms with Gasteiger partial charge in [0.05, 0.1) is 0 Å². The third kappa shape index (κ3) is 1.66. The van der Waals surface area contributed by atoms with Gasteiger partial charge in [0.2, 0.25) is 0 Å². The molecule has 2 aromatic heterocycles. The molecule has 1 aliphatic carbocycles. The Balaban J connectivity index is 1.83. The molecule has 2 heterocycles. The van der Waals surface area contributed by atoms with Gasteiger partial charge in [-0.1, -0.05) is 41.6 Å². The number of hydrogen-bond donors (Lipinski definition) is 0. The highest BCUT2D eigenvalue weighted by Gasteiger charge is 2.24. The Labute approximate surface area is 110 Å². The minimum Gasteiger partial charge on any atom is -0.360 e. The molecule has 0 amide bonds. The average Bonchev–Trinajstić information content (AvgIpc) is 2.88. The molecule has 0 N–H and O–H groups in total. The van der Waals surface area contributed by atoms with Gasteiger partial charge in [-0.05, 0) is 11.6 Å². The lowest BCUT2D eigenvalue weighted by atomic mass is 9.91. The highest BCUT2D eigenvalue weighted by atomic mass is 16.5. The summed E-state index contributed by atoms with van der Waals surface area (Å²) in [6.07, 6.45) is 3.44. The largest absolute Gasteiger partial charge is 0.360 e. The number of rotatable bonds is 1. The Morgan fingerprint density at radius 1 is 0.947 bits per heavy atom. The van der Waals surface area contributed by atoms with Crippen LogP contribution in [0.25, 0.3) is 11.3 Å². The molecule has 3 nitrogen and oxygen atoms in total. The summed E-state index contributed by atoms with van der Waals surface area (Å²) in [6.45, 7) is 0. The van der Waals surface area contributed by atoms with Crippen LogP contribution in [0.3, 0.4) is 0 Å². The monoisotopic (exact) mass is 248 g/mol. The van der Waals surface area contributed by atoms with Crippen LogP contribution in [-0.4, -0.2) is 10.1 Å². The quantitative estimate of drug-likeness (QED) is 0.519. The highest BCUT2D eigenvalue weighted by molar-refractivity contribution is 5.65. The Morgan fingerprint density at radius 3 is 2.74 bits per heavy atom. The minimum atomic E-state index is 0.790. The molecule has 0 bridgehead atoms. The zero-order valence-electron chi connectivity index (χ0n) is 10.3. The smallest absolute Gasteiger partial charge is 0.145 e. The van der Waals surface area contributed by atoms with Crippen LogP contribution in [0.15, 0.2) is 53.2 Å². The lowest BCUT2D eigenvalue weighted by Crippen LogP contribution is -2.07. The number of fused-ring (bicyclic) bond motifs is 2. The first kappa shape index (κ1) is 10.5. The molecule has 0 atom stereocenters. The zero-order valence-corrected chi connectivity index (χ0v) is 10.3. The van der Waals surface area contributed by atoms with Crippen LogP contribution < -0.4 is 0 Å². The normalized spacial score (nSPS) is 12.8. The summed E-state index contributed by atoms with van der Waals surface area (Å²) in [6, 6.07) is 14.2. The molecular weight excluding hydrogens is 236 g/mol. The molecule has 0 saturated heterocycles. The van der Waals surface area contributed by atoms with E-state index in [-0.39, 0.29) is 0 Å². The predicted octanol–water partition coefficient (Wildman–Crippen LogP) is 3.23. The number of nitrogens with zero attached hydrogens (tertiary/aromatic N) is 2. The molecule has 19 heavy (non-hydrogen) atoms. The molecule has 1 aromatic carbocycles. The van der Waals surface area contributed by atoms with Gasteiger partial charge in [-0.2, -0.15) is 0 Å². The molecule has 1 aliphatic rings. The van der Waals surface area contributed by atoms with Crippen LogP contribution in [0.4, 0.5) is 0 Å². The molecule has 0 spiro atoms. The van der Waals surface area contributed by atoms with E-state index >= 15 is 0 Å². The van der Waals surface area contributed by atoms with Gasteiger partial charge in [-0.3, -0.25) is 4.98 Å². The zero-order chi connectivity index (χ0) is 12.7. The van der Waals surface area contributed by atoms with E-state index in [1.807, 2.05) is 30.5 Å². The Hall–Kier alpha value is -2.42. The van der Waals surface area contributed by atoms with Crippen LogP contribution in [0.1, 0.15) is 22.6 Å². The molecule has 92 valence electrons. The van der Waals surface area contributed by atoms with E-state index in [0.29, 0.717) is 0 Å². The van der Waals surface area contributed by atoms with Gasteiger partial charge in [-0.15, -0.1) is 0 Å². The molecular formula is C16H12N2O. The van der Waals surface area contributed by atoms with Crippen molar-refractivity contribution in [3.05, 3.63) is 71.2 Å². The Kier molecular flexibility index (Phi) is 2.24. The van der Waals surface area contributed by atoms with Gasteiger partial charge in [0, 0.05) is 35.9 Å². The van der Waals surface area contributed by atoms with Crippen molar-refractivity contribution in [2.24, 2.45) is 0 Å². The fourth-order valence-corrected chi connectivity index (χ4v) is 2.62. The predicted molar refractivity (Wildman–Crippen MR) is 71.8 cm³/mol. The fourth-order valence-electron chi connectivity index (χ4n) is 2.62. The molecule has 3 aromatic rings. The highest BCUT2D eigenvalue weighted by Crippen LogP contribution is 2.32. The first-order chi connectivity index (χ1) is 9.42. The summed E-state index contributed by atoms with van der Waals surface area (Å²) < 4.78 is 5.52. The summed E-state index contributed by atoms with van der Waals surface area (Å²) in [5.41, 5.74) is 5.61. The van der Waals surface area contributed by atoms with Crippen molar-refractivity contribution in [1.82, 2.24) is 10.1 Å². The van der Waals surface area contributed by atoms with Gasteiger partial charge in [0.1, 0.15) is 11.5 Å². The average molecular weight is 248 g/mol. The molecule has 0 aliphatic heterocycles. The van der Waals surface area contributed by atoms with Crippen LogP contribution in [-0.2, 0) is 12.8 Å². The van der Waals surface area contributed by atoms with E-state index in [4.69, 9.17) is 4.52 Å². The van der Waals surface area contributed by atoms with Crippen molar-refractivity contribution in [2.45, 2.75) is 12.8 Å². The van der Waals surface area contributed by atoms with Crippen molar-refractivity contribution < 1.29 is 4.52 Å². The lowest BCUT2D eigenvalue weighted by molar-refractivity contribution is 0.388. The van der Waals surface area contributed by atoms with E-state index in [9.17, 15) is 0 Å². The maximum absolute atomic E-state index is 5.52. The molecule has 3 heteroatoms. The van der Waals surface area contributed by atoms with Gasteiger partial charge >= 0.3 is 0 Å². The van der Waals surface area contributed by atoms with Crippen molar-refractivity contribution in [2.75, 3.05) is 0 Å². The fraction of sp³-hybridized carbons (Fsp3) is 0.125. The first-order valence-corrected chi connectivity index (χ1v) is 6.37. The molecule has 0 fully saturated rings. The van der Waals surface area contributed by atoms with E-state index in [1.165, 1.54) is 11.1 Å². The second-order valence-corrected chi connectivity index (χ2v) is 4.76. The van der Waals surface area contributed by atoms with Crippen molar-refractivity contribution in [3.8, 4) is 11.3 Å². The summed E-state index contributed by atoms with van der Waals surface area (Å²) in [7, 11) is 0. The third-order valence-corrected chi connectivity index (χ3v) is 3.60. The second kappa shape index (κ2) is 4.05. The van der Waals surface area contributed by atoms with Gasteiger partial charge in [-0.25, -0.2) is 0 Å². The maximum atomic E-state index is 5.52. The van der Waals surface area contributed by atoms with Crippen LogP contribution >= 0.6 is 0 Å². The standard InChI is InChI=1S/C16H12N2O/c1-2-5-11(6-3-1)16-13-10-14-12(7-4-8-17-14)9-15(13)19-18-16/h1-8H,9-10H2. The summed E-state index contributed by atoms with van der Waals surface area (Å²) in [4.78, 5) is 4.46. The van der Waals surface area contributed by atoms with Gasteiger partial charge in [0.15, 0.2) is 0 Å². The van der Waals surface area contributed by atoms with Crippen molar-refractivity contribution in [1.29, 1.82) is 0 Å². The van der Waals surface area contributed by atoms with Crippen LogP contribution in [0.2, 0.25) is 0 Å². The minimum absolute atomic E-state index is 0.790. The summed E-state index contributed by atoms with van der Waals surface area (Å²) in [5, 5.41) is 4.25. The molecule has 0 radical (unpaired) electrons. The molecule has 0 saturated carbocycles. The number of hydrogen-bond acceptors (Lipinski definition) is 3. The van der Waals surface area contributed by atoms with Gasteiger partial charge in [0.25, 0.3) is 0 Å². The van der Waals surface area contributed by atoms with Crippen LogP contribution in [0, 0.1) is 0 Å². The maximum Gasteiger partial charge on any atom is 0.145 e. The number of pyridine rings is 1.